The van der Waals surface area contributed by atoms with Crippen molar-refractivity contribution in [3.05, 3.63) is 64.9 Å². The number of aromatic nitrogens is 3. The molecule has 1 N–H and O–H groups in total. The van der Waals surface area contributed by atoms with Gasteiger partial charge in [0.1, 0.15) is 5.75 Å². The molecule has 0 bridgehead atoms. The van der Waals surface area contributed by atoms with E-state index in [4.69, 9.17) is 17.0 Å². The highest BCUT2D eigenvalue weighted by molar-refractivity contribution is 7.71. The molecule has 0 saturated carbocycles. The summed E-state index contributed by atoms with van der Waals surface area (Å²) in [5, 5.41) is 7.21. The van der Waals surface area contributed by atoms with Crippen LogP contribution < -0.4 is 4.74 Å². The molecule has 0 aliphatic rings. The van der Waals surface area contributed by atoms with Crippen molar-refractivity contribution in [2.45, 2.75) is 6.54 Å². The summed E-state index contributed by atoms with van der Waals surface area (Å²) in [5.41, 5.74) is 2.15. The SMILES string of the molecule is COc1cccc(Cn2c(-c3ccccc3)n[nH]c2=S)c1. The van der Waals surface area contributed by atoms with Crippen LogP contribution in [0.2, 0.25) is 0 Å². The monoisotopic (exact) mass is 297 g/mol. The Morgan fingerprint density at radius 1 is 1.14 bits per heavy atom. The molecule has 0 aliphatic heterocycles. The van der Waals surface area contributed by atoms with Gasteiger partial charge in [-0.25, -0.2) is 0 Å². The highest BCUT2D eigenvalue weighted by Gasteiger charge is 2.09. The molecule has 0 amide bonds. The fourth-order valence-corrected chi connectivity index (χ4v) is 2.42. The molecule has 4 nitrogen and oxygen atoms in total. The number of aromatic amines is 1. The molecular formula is C16H15N3OS. The fraction of sp³-hybridized carbons (Fsp3) is 0.125. The Hall–Kier alpha value is -2.40. The van der Waals surface area contributed by atoms with Gasteiger partial charge in [-0.05, 0) is 29.9 Å². The average Bonchev–Trinajstić information content (AvgIpc) is 2.89. The van der Waals surface area contributed by atoms with Crippen LogP contribution in [0.1, 0.15) is 5.56 Å². The Morgan fingerprint density at radius 3 is 2.71 bits per heavy atom. The summed E-state index contributed by atoms with van der Waals surface area (Å²) in [6.45, 7) is 0.650. The summed E-state index contributed by atoms with van der Waals surface area (Å²) in [6.07, 6.45) is 0. The molecule has 0 saturated heterocycles. The Labute approximate surface area is 128 Å². The van der Waals surface area contributed by atoms with Crippen LogP contribution in [0, 0.1) is 4.77 Å². The van der Waals surface area contributed by atoms with Crippen LogP contribution in [-0.2, 0) is 6.54 Å². The molecule has 2 aromatic carbocycles. The summed E-state index contributed by atoms with van der Waals surface area (Å²) in [4.78, 5) is 0. The molecule has 0 aliphatic carbocycles. The van der Waals surface area contributed by atoms with Crippen LogP contribution >= 0.6 is 12.2 Å². The number of hydrogen-bond acceptors (Lipinski definition) is 3. The summed E-state index contributed by atoms with van der Waals surface area (Å²) >= 11 is 5.35. The first-order valence-corrected chi connectivity index (χ1v) is 7.02. The van der Waals surface area contributed by atoms with Crippen molar-refractivity contribution in [3.63, 3.8) is 0 Å². The average molecular weight is 297 g/mol. The number of benzene rings is 2. The Balaban J connectivity index is 1.99. The number of nitrogens with one attached hydrogen (secondary N) is 1. The van der Waals surface area contributed by atoms with Crippen molar-refractivity contribution >= 4 is 12.2 Å². The van der Waals surface area contributed by atoms with Gasteiger partial charge in [-0.15, -0.1) is 0 Å². The van der Waals surface area contributed by atoms with E-state index in [1.54, 1.807) is 7.11 Å². The molecule has 3 aromatic rings. The van der Waals surface area contributed by atoms with Crippen LogP contribution in [0.3, 0.4) is 0 Å². The van der Waals surface area contributed by atoms with Gasteiger partial charge in [-0.3, -0.25) is 9.67 Å². The Kier molecular flexibility index (Phi) is 3.83. The number of hydrogen-bond donors (Lipinski definition) is 1. The summed E-state index contributed by atoms with van der Waals surface area (Å²) in [5.74, 6) is 1.67. The van der Waals surface area contributed by atoms with Crippen LogP contribution in [0.4, 0.5) is 0 Å². The second kappa shape index (κ2) is 5.93. The van der Waals surface area contributed by atoms with Gasteiger partial charge in [0, 0.05) is 5.56 Å². The lowest BCUT2D eigenvalue weighted by molar-refractivity contribution is 0.414. The van der Waals surface area contributed by atoms with Gasteiger partial charge < -0.3 is 4.74 Å². The van der Waals surface area contributed by atoms with Crippen LogP contribution in [0.25, 0.3) is 11.4 Å². The van der Waals surface area contributed by atoms with Gasteiger partial charge in [0.15, 0.2) is 10.6 Å². The number of rotatable bonds is 4. The normalized spacial score (nSPS) is 10.5. The Bertz CT molecular complexity index is 793. The minimum atomic E-state index is 0.608. The van der Waals surface area contributed by atoms with E-state index in [2.05, 4.69) is 10.2 Å². The largest absolute Gasteiger partial charge is 0.497 e. The topological polar surface area (TPSA) is 42.8 Å². The second-order valence-electron chi connectivity index (χ2n) is 4.66. The molecule has 3 rings (SSSR count). The van der Waals surface area contributed by atoms with Gasteiger partial charge in [-0.1, -0.05) is 42.5 Å². The first-order chi connectivity index (χ1) is 10.3. The van der Waals surface area contributed by atoms with Gasteiger partial charge >= 0.3 is 0 Å². The lowest BCUT2D eigenvalue weighted by Gasteiger charge is -2.08. The molecule has 5 heteroatoms. The maximum atomic E-state index is 5.35. The zero-order valence-corrected chi connectivity index (χ0v) is 12.4. The predicted octanol–water partition coefficient (Wildman–Crippen LogP) is 3.66. The van der Waals surface area contributed by atoms with Crippen molar-refractivity contribution in [3.8, 4) is 17.1 Å². The van der Waals surface area contributed by atoms with Gasteiger partial charge in [-0.2, -0.15) is 5.10 Å². The third kappa shape index (κ3) is 2.87. The smallest absolute Gasteiger partial charge is 0.195 e. The molecule has 1 aromatic heterocycles. The standard InChI is InChI=1S/C16H15N3OS/c1-20-14-9-5-6-12(10-14)11-19-15(17-18-16(19)21)13-7-3-2-4-8-13/h2-10H,11H2,1H3,(H,18,21). The van der Waals surface area contributed by atoms with E-state index in [-0.39, 0.29) is 0 Å². The first-order valence-electron chi connectivity index (χ1n) is 6.61. The molecule has 0 fully saturated rings. The minimum absolute atomic E-state index is 0.608. The molecule has 0 radical (unpaired) electrons. The van der Waals surface area contributed by atoms with Gasteiger partial charge in [0.05, 0.1) is 13.7 Å². The van der Waals surface area contributed by atoms with Crippen molar-refractivity contribution in [2.75, 3.05) is 7.11 Å². The van der Waals surface area contributed by atoms with Crippen molar-refractivity contribution in [2.24, 2.45) is 0 Å². The number of nitrogens with zero attached hydrogens (tertiary/aromatic N) is 2. The summed E-state index contributed by atoms with van der Waals surface area (Å²) in [6, 6.07) is 18.0. The van der Waals surface area contributed by atoms with Gasteiger partial charge in [0.25, 0.3) is 0 Å². The fourth-order valence-electron chi connectivity index (χ4n) is 2.23. The minimum Gasteiger partial charge on any atom is -0.497 e. The van der Waals surface area contributed by atoms with Crippen molar-refractivity contribution in [1.29, 1.82) is 0 Å². The van der Waals surface area contributed by atoms with E-state index in [1.165, 1.54) is 0 Å². The van der Waals surface area contributed by atoms with E-state index < -0.39 is 0 Å². The molecule has 0 atom stereocenters. The van der Waals surface area contributed by atoms with Crippen LogP contribution in [0.5, 0.6) is 5.75 Å². The molecule has 0 unspecified atom stereocenters. The molecular weight excluding hydrogens is 282 g/mol. The molecule has 106 valence electrons. The van der Waals surface area contributed by atoms with E-state index in [0.717, 1.165) is 22.7 Å². The van der Waals surface area contributed by atoms with Crippen molar-refractivity contribution < 1.29 is 4.74 Å². The highest BCUT2D eigenvalue weighted by Crippen LogP contribution is 2.19. The summed E-state index contributed by atoms with van der Waals surface area (Å²) < 4.78 is 7.85. The highest BCUT2D eigenvalue weighted by atomic mass is 32.1. The quantitative estimate of drug-likeness (QED) is 0.747. The molecule has 21 heavy (non-hydrogen) atoms. The first kappa shape index (κ1) is 13.6. The van der Waals surface area contributed by atoms with Crippen molar-refractivity contribution in [1.82, 2.24) is 14.8 Å². The lowest BCUT2D eigenvalue weighted by atomic mass is 10.2. The maximum absolute atomic E-state index is 5.35. The third-order valence-corrected chi connectivity index (χ3v) is 3.58. The Morgan fingerprint density at radius 2 is 1.95 bits per heavy atom. The van der Waals surface area contributed by atoms with E-state index >= 15 is 0 Å². The molecule has 1 heterocycles. The van der Waals surface area contributed by atoms with Gasteiger partial charge in [0.2, 0.25) is 0 Å². The lowest BCUT2D eigenvalue weighted by Crippen LogP contribution is -2.02. The second-order valence-corrected chi connectivity index (χ2v) is 5.04. The van der Waals surface area contributed by atoms with E-state index in [0.29, 0.717) is 11.3 Å². The zero-order valence-electron chi connectivity index (χ0n) is 11.6. The third-order valence-electron chi connectivity index (χ3n) is 3.27. The zero-order chi connectivity index (χ0) is 14.7. The number of ether oxygens (including phenoxy) is 1. The van der Waals surface area contributed by atoms with Crippen LogP contribution in [0.15, 0.2) is 54.6 Å². The maximum Gasteiger partial charge on any atom is 0.195 e. The summed E-state index contributed by atoms with van der Waals surface area (Å²) in [7, 11) is 1.66. The number of methoxy groups -OCH3 is 1. The predicted molar refractivity (Wildman–Crippen MR) is 84.9 cm³/mol. The van der Waals surface area contributed by atoms with Crippen LogP contribution in [-0.4, -0.2) is 21.9 Å². The molecule has 0 spiro atoms. The van der Waals surface area contributed by atoms with E-state index in [9.17, 15) is 0 Å². The number of H-pyrrole nitrogens is 1. The van der Waals surface area contributed by atoms with E-state index in [1.807, 2.05) is 59.2 Å².